The molecule has 0 radical (unpaired) electrons. The molecule has 1 amide bonds. The Morgan fingerprint density at radius 1 is 1.35 bits per heavy atom. The fourth-order valence-corrected chi connectivity index (χ4v) is 2.61. The lowest BCUT2D eigenvalue weighted by atomic mass is 10.1. The summed E-state index contributed by atoms with van der Waals surface area (Å²) in [5.41, 5.74) is 1.54. The number of anilines is 1. The van der Waals surface area contributed by atoms with Crippen LogP contribution in [0.2, 0.25) is 5.02 Å². The molecule has 0 atom stereocenters. The minimum absolute atomic E-state index is 0.0363. The van der Waals surface area contributed by atoms with E-state index in [1.807, 2.05) is 13.0 Å². The molecule has 1 saturated carbocycles. The maximum atomic E-state index is 11.7. The lowest BCUT2D eigenvalue weighted by Crippen LogP contribution is -2.23. The standard InChI is InChI=1S/C15H18ClNO3/c1-10-6-7-13(12(16)8-10)17-14(18)9-20-15(19)11-4-2-3-5-11/h6-8,11H,2-5,9H2,1H3,(H,17,18). The van der Waals surface area contributed by atoms with Gasteiger partial charge in [-0.15, -0.1) is 0 Å². The minimum Gasteiger partial charge on any atom is -0.455 e. The van der Waals surface area contributed by atoms with Crippen LogP contribution in [0.25, 0.3) is 0 Å². The third-order valence-electron chi connectivity index (χ3n) is 3.43. The zero-order valence-electron chi connectivity index (χ0n) is 11.4. The molecule has 1 aromatic rings. The number of aryl methyl sites for hydroxylation is 1. The Kier molecular flexibility index (Phi) is 5.01. The van der Waals surface area contributed by atoms with Gasteiger partial charge in [-0.2, -0.15) is 0 Å². The lowest BCUT2D eigenvalue weighted by molar-refractivity contribution is -0.151. The number of amides is 1. The second kappa shape index (κ2) is 6.75. The van der Waals surface area contributed by atoms with Gasteiger partial charge in [0.15, 0.2) is 6.61 Å². The number of carbonyl (C=O) groups excluding carboxylic acids is 2. The first kappa shape index (κ1) is 14.9. The van der Waals surface area contributed by atoms with Crippen molar-refractivity contribution in [3.8, 4) is 0 Å². The number of benzene rings is 1. The fraction of sp³-hybridized carbons (Fsp3) is 0.467. The molecule has 0 aliphatic heterocycles. The summed E-state index contributed by atoms with van der Waals surface area (Å²) >= 11 is 6.02. The van der Waals surface area contributed by atoms with Gasteiger partial charge in [0.05, 0.1) is 16.6 Å². The Bertz CT molecular complexity index is 510. The Hall–Kier alpha value is -1.55. The molecule has 0 unspecified atom stereocenters. The van der Waals surface area contributed by atoms with Crippen molar-refractivity contribution < 1.29 is 14.3 Å². The highest BCUT2D eigenvalue weighted by Crippen LogP contribution is 2.26. The van der Waals surface area contributed by atoms with Crippen LogP contribution in [0.15, 0.2) is 18.2 Å². The maximum absolute atomic E-state index is 11.7. The van der Waals surface area contributed by atoms with Crippen LogP contribution in [-0.4, -0.2) is 18.5 Å². The van der Waals surface area contributed by atoms with Crippen molar-refractivity contribution in [1.82, 2.24) is 0 Å². The van der Waals surface area contributed by atoms with Crippen LogP contribution in [0, 0.1) is 12.8 Å². The predicted octanol–water partition coefficient (Wildman–Crippen LogP) is 3.32. The van der Waals surface area contributed by atoms with Gasteiger partial charge in [0.1, 0.15) is 0 Å². The van der Waals surface area contributed by atoms with Crippen molar-refractivity contribution in [2.24, 2.45) is 5.92 Å². The molecule has 1 aromatic carbocycles. The van der Waals surface area contributed by atoms with E-state index < -0.39 is 0 Å². The molecule has 0 spiro atoms. The molecule has 4 nitrogen and oxygen atoms in total. The zero-order valence-corrected chi connectivity index (χ0v) is 12.2. The summed E-state index contributed by atoms with van der Waals surface area (Å²) < 4.78 is 5.03. The summed E-state index contributed by atoms with van der Waals surface area (Å²) in [7, 11) is 0. The largest absolute Gasteiger partial charge is 0.455 e. The van der Waals surface area contributed by atoms with E-state index in [4.69, 9.17) is 16.3 Å². The third-order valence-corrected chi connectivity index (χ3v) is 3.75. The maximum Gasteiger partial charge on any atom is 0.309 e. The van der Waals surface area contributed by atoms with Crippen LogP contribution in [-0.2, 0) is 14.3 Å². The Morgan fingerprint density at radius 2 is 2.05 bits per heavy atom. The van der Waals surface area contributed by atoms with Crippen molar-refractivity contribution in [1.29, 1.82) is 0 Å². The van der Waals surface area contributed by atoms with E-state index in [0.717, 1.165) is 31.2 Å². The minimum atomic E-state index is -0.373. The van der Waals surface area contributed by atoms with Crippen LogP contribution in [0.1, 0.15) is 31.2 Å². The number of rotatable bonds is 4. The molecule has 1 aliphatic carbocycles. The first-order valence-electron chi connectivity index (χ1n) is 6.79. The number of nitrogens with one attached hydrogen (secondary N) is 1. The predicted molar refractivity (Wildman–Crippen MR) is 77.7 cm³/mol. The lowest BCUT2D eigenvalue weighted by Gasteiger charge is -2.11. The normalized spacial score (nSPS) is 15.1. The monoisotopic (exact) mass is 295 g/mol. The van der Waals surface area contributed by atoms with Crippen LogP contribution in [0.3, 0.4) is 0 Å². The van der Waals surface area contributed by atoms with Crippen molar-refractivity contribution in [3.05, 3.63) is 28.8 Å². The van der Waals surface area contributed by atoms with E-state index in [-0.39, 0.29) is 24.4 Å². The van der Waals surface area contributed by atoms with Gasteiger partial charge >= 0.3 is 5.97 Å². The average Bonchev–Trinajstić information content (AvgIpc) is 2.93. The van der Waals surface area contributed by atoms with E-state index >= 15 is 0 Å². The van der Waals surface area contributed by atoms with E-state index in [1.165, 1.54) is 0 Å². The smallest absolute Gasteiger partial charge is 0.309 e. The van der Waals surface area contributed by atoms with Crippen molar-refractivity contribution in [3.63, 3.8) is 0 Å². The number of ether oxygens (including phenoxy) is 1. The topological polar surface area (TPSA) is 55.4 Å². The highest BCUT2D eigenvalue weighted by Gasteiger charge is 2.24. The summed E-state index contributed by atoms with van der Waals surface area (Å²) in [6.45, 7) is 1.65. The first-order chi connectivity index (χ1) is 9.56. The molecule has 1 fully saturated rings. The van der Waals surface area contributed by atoms with E-state index in [9.17, 15) is 9.59 Å². The third kappa shape index (κ3) is 3.97. The zero-order chi connectivity index (χ0) is 14.5. The molecule has 1 aliphatic rings. The van der Waals surface area contributed by atoms with E-state index in [2.05, 4.69) is 5.32 Å². The highest BCUT2D eigenvalue weighted by molar-refractivity contribution is 6.33. The fourth-order valence-electron chi connectivity index (χ4n) is 2.32. The summed E-state index contributed by atoms with van der Waals surface area (Å²) in [5, 5.41) is 3.11. The molecule has 0 aromatic heterocycles. The Morgan fingerprint density at radius 3 is 2.70 bits per heavy atom. The average molecular weight is 296 g/mol. The summed E-state index contributed by atoms with van der Waals surface area (Å²) in [4.78, 5) is 23.4. The van der Waals surface area contributed by atoms with Gasteiger partial charge in [0.2, 0.25) is 0 Å². The van der Waals surface area contributed by atoms with Crippen LogP contribution in [0.4, 0.5) is 5.69 Å². The van der Waals surface area contributed by atoms with Crippen LogP contribution in [0.5, 0.6) is 0 Å². The van der Waals surface area contributed by atoms with Gasteiger partial charge in [-0.25, -0.2) is 0 Å². The second-order valence-corrected chi connectivity index (χ2v) is 5.53. The number of hydrogen-bond donors (Lipinski definition) is 1. The molecule has 2 rings (SSSR count). The molecule has 5 heteroatoms. The van der Waals surface area contributed by atoms with Gasteiger partial charge in [-0.05, 0) is 37.5 Å². The van der Waals surface area contributed by atoms with Gasteiger partial charge in [0.25, 0.3) is 5.91 Å². The van der Waals surface area contributed by atoms with Crippen molar-refractivity contribution >= 4 is 29.2 Å². The highest BCUT2D eigenvalue weighted by atomic mass is 35.5. The van der Waals surface area contributed by atoms with E-state index in [0.29, 0.717) is 10.7 Å². The number of halogens is 1. The van der Waals surface area contributed by atoms with Gasteiger partial charge in [-0.3, -0.25) is 9.59 Å². The number of carbonyl (C=O) groups is 2. The number of esters is 1. The van der Waals surface area contributed by atoms with Crippen LogP contribution >= 0.6 is 11.6 Å². The molecular formula is C15H18ClNO3. The molecule has 0 saturated heterocycles. The quantitative estimate of drug-likeness (QED) is 0.867. The van der Waals surface area contributed by atoms with Crippen LogP contribution < -0.4 is 5.32 Å². The molecule has 108 valence electrons. The Labute approximate surface area is 123 Å². The van der Waals surface area contributed by atoms with E-state index in [1.54, 1.807) is 12.1 Å². The summed E-state index contributed by atoms with van der Waals surface area (Å²) in [5.74, 6) is -0.680. The van der Waals surface area contributed by atoms with Gasteiger partial charge in [-0.1, -0.05) is 30.5 Å². The SMILES string of the molecule is Cc1ccc(NC(=O)COC(=O)C2CCCC2)c(Cl)c1. The molecule has 20 heavy (non-hydrogen) atoms. The second-order valence-electron chi connectivity index (χ2n) is 5.12. The molecular weight excluding hydrogens is 278 g/mol. The summed E-state index contributed by atoms with van der Waals surface area (Å²) in [6.07, 6.45) is 3.85. The van der Waals surface area contributed by atoms with Gasteiger partial charge < -0.3 is 10.1 Å². The molecule has 1 N–H and O–H groups in total. The van der Waals surface area contributed by atoms with Crippen molar-refractivity contribution in [2.45, 2.75) is 32.6 Å². The molecule has 0 bridgehead atoms. The molecule has 0 heterocycles. The van der Waals surface area contributed by atoms with Crippen molar-refractivity contribution in [2.75, 3.05) is 11.9 Å². The summed E-state index contributed by atoms with van der Waals surface area (Å²) in [6, 6.07) is 5.35. The number of hydrogen-bond acceptors (Lipinski definition) is 3. The van der Waals surface area contributed by atoms with Gasteiger partial charge in [0, 0.05) is 0 Å². The Balaban J connectivity index is 1.81. The first-order valence-corrected chi connectivity index (χ1v) is 7.16.